The van der Waals surface area contributed by atoms with Gasteiger partial charge in [-0.3, -0.25) is 9.59 Å². The summed E-state index contributed by atoms with van der Waals surface area (Å²) < 4.78 is 2.22. The molecule has 7 heteroatoms. The van der Waals surface area contributed by atoms with Gasteiger partial charge in [0.1, 0.15) is 12.6 Å². The fourth-order valence-electron chi connectivity index (χ4n) is 5.13. The first-order valence-electron chi connectivity index (χ1n) is 16.8. The maximum atomic E-state index is 12.3. The zero-order valence-corrected chi connectivity index (χ0v) is 26.1. The van der Waals surface area contributed by atoms with Crippen molar-refractivity contribution in [1.29, 1.82) is 0 Å². The van der Waals surface area contributed by atoms with Gasteiger partial charge < -0.3 is 15.7 Å². The number of unbranched alkanes of at least 4 members (excludes halogenated alkanes) is 16. The number of rotatable bonds is 28. The lowest BCUT2D eigenvalue weighted by molar-refractivity contribution is -0.697. The zero-order chi connectivity index (χ0) is 29.8. The van der Waals surface area contributed by atoms with Gasteiger partial charge in [-0.2, -0.15) is 0 Å². The molecule has 41 heavy (non-hydrogen) atoms. The zero-order valence-electron chi connectivity index (χ0n) is 26.1. The minimum atomic E-state index is -0.988. The van der Waals surface area contributed by atoms with Crippen molar-refractivity contribution in [3.05, 3.63) is 30.6 Å². The van der Waals surface area contributed by atoms with E-state index in [2.05, 4.69) is 46.7 Å². The number of nitrogens with zero attached hydrogens (tertiary/aromatic N) is 1. The monoisotopic (exact) mass is 574 g/mol. The highest BCUT2D eigenvalue weighted by Crippen LogP contribution is 2.12. The molecule has 0 saturated carbocycles. The van der Waals surface area contributed by atoms with Gasteiger partial charge in [-0.25, -0.2) is 9.36 Å². The van der Waals surface area contributed by atoms with Crippen molar-refractivity contribution in [3.63, 3.8) is 0 Å². The van der Waals surface area contributed by atoms with Crippen molar-refractivity contribution >= 4 is 17.8 Å². The Hall–Kier alpha value is -2.44. The van der Waals surface area contributed by atoms with Crippen molar-refractivity contribution < 1.29 is 24.1 Å². The van der Waals surface area contributed by atoms with E-state index in [-0.39, 0.29) is 11.8 Å². The summed E-state index contributed by atoms with van der Waals surface area (Å²) in [5.74, 6) is -1.08. The van der Waals surface area contributed by atoms with Crippen molar-refractivity contribution in [1.82, 2.24) is 10.6 Å². The van der Waals surface area contributed by atoms with E-state index in [1.165, 1.54) is 77.0 Å². The molecule has 0 aliphatic heterocycles. The van der Waals surface area contributed by atoms with Crippen molar-refractivity contribution in [3.8, 4) is 0 Å². The van der Waals surface area contributed by atoms with E-state index in [1.54, 1.807) is 0 Å². The summed E-state index contributed by atoms with van der Waals surface area (Å²) in [4.78, 5) is 35.8. The van der Waals surface area contributed by atoms with E-state index in [0.29, 0.717) is 38.6 Å². The van der Waals surface area contributed by atoms with Gasteiger partial charge in [0.2, 0.25) is 11.8 Å². The van der Waals surface area contributed by atoms with Crippen LogP contribution in [0.4, 0.5) is 0 Å². The Kier molecular flexibility index (Phi) is 23.6. The topological polar surface area (TPSA) is 99.4 Å². The number of aromatic nitrogens is 1. The molecule has 0 spiro atoms. The number of hydrogen-bond acceptors (Lipinski definition) is 3. The molecule has 234 valence electrons. The third-order valence-corrected chi connectivity index (χ3v) is 7.73. The lowest BCUT2D eigenvalue weighted by Crippen LogP contribution is -2.40. The van der Waals surface area contributed by atoms with E-state index in [1.807, 2.05) is 6.07 Å². The molecular weight excluding hydrogens is 514 g/mol. The predicted octanol–water partition coefficient (Wildman–Crippen LogP) is 7.26. The quantitative estimate of drug-likeness (QED) is 0.0724. The molecule has 2 amide bonds. The average Bonchev–Trinajstić information content (AvgIpc) is 2.97. The highest BCUT2D eigenvalue weighted by atomic mass is 16.4. The van der Waals surface area contributed by atoms with Gasteiger partial charge in [-0.1, -0.05) is 96.5 Å². The van der Waals surface area contributed by atoms with Crippen LogP contribution < -0.4 is 15.2 Å². The second-order valence-electron chi connectivity index (χ2n) is 11.6. The summed E-state index contributed by atoms with van der Waals surface area (Å²) in [6.45, 7) is 3.86. The molecule has 0 radical (unpaired) electrons. The van der Waals surface area contributed by atoms with E-state index in [9.17, 15) is 19.5 Å². The Morgan fingerprint density at radius 2 is 1.15 bits per heavy atom. The Bertz CT molecular complexity index is 787. The number of aryl methyl sites for hydroxylation is 1. The summed E-state index contributed by atoms with van der Waals surface area (Å²) in [5, 5.41) is 15.1. The fraction of sp³-hybridized carbons (Fsp3) is 0.765. The number of pyridine rings is 1. The van der Waals surface area contributed by atoms with Crippen LogP contribution in [0.3, 0.4) is 0 Å². The van der Waals surface area contributed by atoms with Crippen molar-refractivity contribution in [2.24, 2.45) is 0 Å². The Morgan fingerprint density at radius 3 is 1.71 bits per heavy atom. The van der Waals surface area contributed by atoms with Gasteiger partial charge in [0, 0.05) is 37.9 Å². The molecule has 1 aromatic heterocycles. The number of hydrogen-bond donors (Lipinski definition) is 3. The number of aliphatic carboxylic acids is 1. The number of carbonyl (C=O) groups is 3. The molecule has 1 aromatic rings. The van der Waals surface area contributed by atoms with Crippen LogP contribution in [-0.2, 0) is 20.9 Å². The Labute approximate surface area is 250 Å². The minimum Gasteiger partial charge on any atom is -0.480 e. The van der Waals surface area contributed by atoms with Gasteiger partial charge in [0.25, 0.3) is 0 Å². The molecule has 1 unspecified atom stereocenters. The lowest BCUT2D eigenvalue weighted by atomic mass is 10.1. The molecule has 3 N–H and O–H groups in total. The van der Waals surface area contributed by atoms with Crippen LogP contribution >= 0.6 is 0 Å². The summed E-state index contributed by atoms with van der Waals surface area (Å²) in [6.07, 6.45) is 27.1. The number of amides is 2. The van der Waals surface area contributed by atoms with Gasteiger partial charge in [0.05, 0.1) is 0 Å². The van der Waals surface area contributed by atoms with Gasteiger partial charge in [0.15, 0.2) is 12.4 Å². The Balaban J connectivity index is 1.95. The number of carboxylic acid groups (broad SMARTS) is 1. The van der Waals surface area contributed by atoms with Crippen LogP contribution in [0.5, 0.6) is 0 Å². The Morgan fingerprint density at radius 1 is 0.634 bits per heavy atom. The minimum absolute atomic E-state index is 0.0817. The van der Waals surface area contributed by atoms with Crippen molar-refractivity contribution in [2.75, 3.05) is 6.54 Å². The number of nitrogens with one attached hydrogen (secondary N) is 2. The molecule has 0 aliphatic carbocycles. The van der Waals surface area contributed by atoms with Crippen LogP contribution in [0.1, 0.15) is 148 Å². The van der Waals surface area contributed by atoms with E-state index in [0.717, 1.165) is 38.6 Å². The first-order chi connectivity index (χ1) is 20.0. The molecule has 1 heterocycles. The molecule has 0 bridgehead atoms. The molecule has 1 atom stereocenters. The maximum absolute atomic E-state index is 12.3. The third-order valence-electron chi connectivity index (χ3n) is 7.73. The van der Waals surface area contributed by atoms with Crippen LogP contribution in [0, 0.1) is 0 Å². The van der Waals surface area contributed by atoms with Crippen LogP contribution in [0.15, 0.2) is 30.6 Å². The second kappa shape index (κ2) is 26.5. The SMILES string of the molecule is CCCCCCCCCCCC(=O)NCCCCC(NC(=O)CCCCCCCCCC[n+]1ccccc1)C(=O)O. The number of carboxylic acids is 1. The number of carbonyl (C=O) groups excluding carboxylic acids is 2. The van der Waals surface area contributed by atoms with Crippen molar-refractivity contribution in [2.45, 2.75) is 161 Å². The molecule has 7 nitrogen and oxygen atoms in total. The summed E-state index contributed by atoms with van der Waals surface area (Å²) in [7, 11) is 0. The first kappa shape index (κ1) is 36.6. The second-order valence-corrected chi connectivity index (χ2v) is 11.6. The van der Waals surface area contributed by atoms with Crippen LogP contribution in [0.2, 0.25) is 0 Å². The van der Waals surface area contributed by atoms with Crippen LogP contribution in [-0.4, -0.2) is 35.5 Å². The van der Waals surface area contributed by atoms with Crippen LogP contribution in [0.25, 0.3) is 0 Å². The molecule has 1 rings (SSSR count). The molecule has 0 aliphatic rings. The maximum Gasteiger partial charge on any atom is 0.326 e. The molecule has 0 fully saturated rings. The van der Waals surface area contributed by atoms with Gasteiger partial charge >= 0.3 is 5.97 Å². The molecule has 0 aromatic carbocycles. The standard InChI is InChI=1S/C34H59N3O4/c1-2-3-4-5-6-7-10-13-17-25-32(38)35-27-20-19-24-31(34(40)41)36-33(39)26-18-14-11-8-9-12-15-21-28-37-29-22-16-23-30-37/h16,22-23,29-31H,2-15,17-21,24-28H2,1H3,(H2-,35,36,38,39,40,41)/p+1. The molecular formula is C34H60N3O4+. The van der Waals surface area contributed by atoms with E-state index in [4.69, 9.17) is 0 Å². The highest BCUT2D eigenvalue weighted by Gasteiger charge is 2.19. The highest BCUT2D eigenvalue weighted by molar-refractivity contribution is 5.83. The average molecular weight is 575 g/mol. The fourth-order valence-corrected chi connectivity index (χ4v) is 5.13. The van der Waals surface area contributed by atoms with Gasteiger partial charge in [-0.05, 0) is 38.5 Å². The lowest BCUT2D eigenvalue weighted by Gasteiger charge is -2.14. The first-order valence-corrected chi connectivity index (χ1v) is 16.8. The molecule has 0 saturated heterocycles. The largest absolute Gasteiger partial charge is 0.480 e. The summed E-state index contributed by atoms with van der Waals surface area (Å²) >= 11 is 0. The van der Waals surface area contributed by atoms with E-state index >= 15 is 0 Å². The summed E-state index contributed by atoms with van der Waals surface area (Å²) in [5.41, 5.74) is 0. The normalized spacial score (nSPS) is 11.7. The van der Waals surface area contributed by atoms with E-state index < -0.39 is 12.0 Å². The smallest absolute Gasteiger partial charge is 0.326 e. The third kappa shape index (κ3) is 22.9. The van der Waals surface area contributed by atoms with Gasteiger partial charge in [-0.15, -0.1) is 0 Å². The predicted molar refractivity (Wildman–Crippen MR) is 166 cm³/mol. The summed E-state index contributed by atoms with van der Waals surface area (Å²) in [6, 6.07) is 5.31.